The van der Waals surface area contributed by atoms with Crippen LogP contribution in [0.15, 0.2) is 0 Å². The molecule has 0 bridgehead atoms. The lowest BCUT2D eigenvalue weighted by Gasteiger charge is -2.10. The highest BCUT2D eigenvalue weighted by molar-refractivity contribution is 5.63. The average molecular weight is 250 g/mol. The predicted molar refractivity (Wildman–Crippen MR) is 65.3 cm³/mol. The van der Waals surface area contributed by atoms with Crippen LogP contribution in [0.4, 0.5) is 11.5 Å². The molecule has 0 spiro atoms. The molecule has 0 aromatic carbocycles. The number of hydrogen-bond donors (Lipinski definition) is 2. The Hall–Kier alpha value is -2.20. The maximum absolute atomic E-state index is 10.9. The minimum Gasteiger partial charge on any atom is -0.396 e. The maximum Gasteiger partial charge on any atom is 0.294 e. The number of nitrogens with zero attached hydrogens (tertiary/aromatic N) is 3. The minimum absolute atomic E-state index is 0.0276. The first-order valence-corrected chi connectivity index (χ1v) is 5.43. The van der Waals surface area contributed by atoms with Crippen molar-refractivity contribution in [2.75, 3.05) is 18.5 Å². The molecular weight excluding hydrogens is 236 g/mol. The quantitative estimate of drug-likeness (QED) is 0.462. The molecule has 96 valence electrons. The summed E-state index contributed by atoms with van der Waals surface area (Å²) < 4.78 is 0. The first-order chi connectivity index (χ1) is 8.52. The van der Waals surface area contributed by atoms with Crippen molar-refractivity contribution in [3.8, 4) is 6.07 Å². The standard InChI is InChI=1S/C11H14N4O3/c1-7-9(6-12)11(13-4-3-5-16)14-8(2)10(7)15(17)18/h16H,3-5H2,1-2H3,(H,13,14). The summed E-state index contributed by atoms with van der Waals surface area (Å²) in [5, 5.41) is 31.5. The lowest BCUT2D eigenvalue weighted by atomic mass is 10.1. The van der Waals surface area contributed by atoms with Gasteiger partial charge in [-0.25, -0.2) is 4.98 Å². The Morgan fingerprint density at radius 3 is 2.72 bits per heavy atom. The van der Waals surface area contributed by atoms with E-state index in [9.17, 15) is 10.1 Å². The molecule has 0 saturated carbocycles. The van der Waals surface area contributed by atoms with E-state index in [2.05, 4.69) is 10.3 Å². The molecular formula is C11H14N4O3. The lowest BCUT2D eigenvalue weighted by molar-refractivity contribution is -0.386. The first kappa shape index (κ1) is 13.9. The Morgan fingerprint density at radius 1 is 1.56 bits per heavy atom. The van der Waals surface area contributed by atoms with Gasteiger partial charge in [-0.3, -0.25) is 10.1 Å². The summed E-state index contributed by atoms with van der Waals surface area (Å²) in [5.74, 6) is 0.326. The molecule has 0 fully saturated rings. The lowest BCUT2D eigenvalue weighted by Crippen LogP contribution is -2.10. The van der Waals surface area contributed by atoms with Gasteiger partial charge in [0.1, 0.15) is 23.1 Å². The van der Waals surface area contributed by atoms with Crippen LogP contribution in [0.25, 0.3) is 0 Å². The van der Waals surface area contributed by atoms with Gasteiger partial charge in [0.25, 0.3) is 5.69 Å². The van der Waals surface area contributed by atoms with Gasteiger partial charge in [-0.1, -0.05) is 0 Å². The number of aliphatic hydroxyl groups is 1. The number of pyridine rings is 1. The largest absolute Gasteiger partial charge is 0.396 e. The van der Waals surface area contributed by atoms with Crippen LogP contribution in [0.5, 0.6) is 0 Å². The Bertz CT molecular complexity index is 508. The fraction of sp³-hybridized carbons (Fsp3) is 0.455. The summed E-state index contributed by atoms with van der Waals surface area (Å²) in [7, 11) is 0. The number of aryl methyl sites for hydroxylation is 1. The third kappa shape index (κ3) is 2.73. The Kier molecular flexibility index (Phi) is 4.57. The number of aromatic nitrogens is 1. The summed E-state index contributed by atoms with van der Waals surface area (Å²) in [4.78, 5) is 14.4. The van der Waals surface area contributed by atoms with E-state index < -0.39 is 4.92 Å². The van der Waals surface area contributed by atoms with Crippen LogP contribution in [0.3, 0.4) is 0 Å². The molecule has 1 rings (SSSR count). The van der Waals surface area contributed by atoms with E-state index in [0.29, 0.717) is 24.3 Å². The van der Waals surface area contributed by atoms with Crippen molar-refractivity contribution < 1.29 is 10.0 Å². The molecule has 1 aromatic rings. The zero-order valence-electron chi connectivity index (χ0n) is 10.2. The van der Waals surface area contributed by atoms with Gasteiger partial charge in [0.05, 0.1) is 10.5 Å². The Morgan fingerprint density at radius 2 is 2.22 bits per heavy atom. The van der Waals surface area contributed by atoms with Crippen molar-refractivity contribution in [2.24, 2.45) is 0 Å². The van der Waals surface area contributed by atoms with Crippen LogP contribution < -0.4 is 5.32 Å². The van der Waals surface area contributed by atoms with Gasteiger partial charge in [-0.15, -0.1) is 0 Å². The third-order valence-electron chi connectivity index (χ3n) is 2.51. The topological polar surface area (TPSA) is 112 Å². The van der Waals surface area contributed by atoms with E-state index in [-0.39, 0.29) is 23.6 Å². The molecule has 7 nitrogen and oxygen atoms in total. The van der Waals surface area contributed by atoms with Crippen molar-refractivity contribution in [1.82, 2.24) is 4.98 Å². The van der Waals surface area contributed by atoms with Crippen LogP contribution in [0.1, 0.15) is 23.2 Å². The number of nitriles is 1. The number of nitro groups is 1. The van der Waals surface area contributed by atoms with E-state index in [1.54, 1.807) is 0 Å². The van der Waals surface area contributed by atoms with Gasteiger partial charge in [0.2, 0.25) is 0 Å². The normalized spacial score (nSPS) is 9.89. The second kappa shape index (κ2) is 5.93. The fourth-order valence-corrected chi connectivity index (χ4v) is 1.66. The van der Waals surface area contributed by atoms with E-state index >= 15 is 0 Å². The average Bonchev–Trinajstić information content (AvgIpc) is 2.28. The molecule has 7 heteroatoms. The Labute approximate surface area is 104 Å². The minimum atomic E-state index is -0.532. The molecule has 1 aromatic heterocycles. The van der Waals surface area contributed by atoms with Crippen LogP contribution in [-0.4, -0.2) is 28.2 Å². The monoisotopic (exact) mass is 250 g/mol. The number of rotatable bonds is 5. The van der Waals surface area contributed by atoms with Gasteiger partial charge in [-0.05, 0) is 20.3 Å². The molecule has 0 aliphatic heterocycles. The number of aliphatic hydroxyl groups excluding tert-OH is 1. The summed E-state index contributed by atoms with van der Waals surface area (Å²) in [5.41, 5.74) is 0.619. The van der Waals surface area contributed by atoms with E-state index in [1.165, 1.54) is 13.8 Å². The van der Waals surface area contributed by atoms with Crippen LogP contribution >= 0.6 is 0 Å². The fourth-order valence-electron chi connectivity index (χ4n) is 1.66. The van der Waals surface area contributed by atoms with Gasteiger partial charge in [0.15, 0.2) is 0 Å². The van der Waals surface area contributed by atoms with Crippen LogP contribution in [-0.2, 0) is 0 Å². The first-order valence-electron chi connectivity index (χ1n) is 5.43. The smallest absolute Gasteiger partial charge is 0.294 e. The summed E-state index contributed by atoms with van der Waals surface area (Å²) in [6, 6.07) is 1.92. The van der Waals surface area contributed by atoms with E-state index in [4.69, 9.17) is 10.4 Å². The van der Waals surface area contributed by atoms with Crippen LogP contribution in [0, 0.1) is 35.3 Å². The summed E-state index contributed by atoms with van der Waals surface area (Å²) >= 11 is 0. The zero-order chi connectivity index (χ0) is 13.7. The zero-order valence-corrected chi connectivity index (χ0v) is 10.2. The van der Waals surface area contributed by atoms with Gasteiger partial charge in [-0.2, -0.15) is 5.26 Å². The molecule has 0 amide bonds. The molecule has 0 aliphatic rings. The molecule has 2 N–H and O–H groups in total. The molecule has 18 heavy (non-hydrogen) atoms. The highest BCUT2D eigenvalue weighted by Crippen LogP contribution is 2.28. The van der Waals surface area contributed by atoms with E-state index in [1.807, 2.05) is 6.07 Å². The SMILES string of the molecule is Cc1nc(NCCCO)c(C#N)c(C)c1[N+](=O)[O-]. The highest BCUT2D eigenvalue weighted by Gasteiger charge is 2.22. The molecule has 1 heterocycles. The second-order valence-electron chi connectivity index (χ2n) is 3.77. The van der Waals surface area contributed by atoms with Crippen molar-refractivity contribution in [3.05, 3.63) is 26.9 Å². The van der Waals surface area contributed by atoms with Crippen molar-refractivity contribution in [2.45, 2.75) is 20.3 Å². The molecule has 0 aliphatic carbocycles. The van der Waals surface area contributed by atoms with Crippen molar-refractivity contribution >= 4 is 11.5 Å². The second-order valence-corrected chi connectivity index (χ2v) is 3.77. The van der Waals surface area contributed by atoms with Gasteiger partial charge in [0, 0.05) is 13.2 Å². The summed E-state index contributed by atoms with van der Waals surface area (Å²) in [6.45, 7) is 3.54. The van der Waals surface area contributed by atoms with Gasteiger partial charge < -0.3 is 10.4 Å². The van der Waals surface area contributed by atoms with Crippen molar-refractivity contribution in [3.63, 3.8) is 0 Å². The van der Waals surface area contributed by atoms with Gasteiger partial charge >= 0.3 is 0 Å². The number of hydrogen-bond acceptors (Lipinski definition) is 6. The highest BCUT2D eigenvalue weighted by atomic mass is 16.6. The molecule has 0 saturated heterocycles. The van der Waals surface area contributed by atoms with Crippen molar-refractivity contribution in [1.29, 1.82) is 5.26 Å². The number of anilines is 1. The molecule has 0 radical (unpaired) electrons. The summed E-state index contributed by atoms with van der Waals surface area (Å²) in [6.07, 6.45) is 0.516. The maximum atomic E-state index is 10.9. The predicted octanol–water partition coefficient (Wildman–Crippen LogP) is 1.27. The third-order valence-corrected chi connectivity index (χ3v) is 2.51. The number of nitrogens with one attached hydrogen (secondary N) is 1. The van der Waals surface area contributed by atoms with Crippen LogP contribution in [0.2, 0.25) is 0 Å². The molecule has 0 unspecified atom stereocenters. The Balaban J connectivity index is 3.22. The van der Waals surface area contributed by atoms with E-state index in [0.717, 1.165) is 0 Å². The molecule has 0 atom stereocenters.